The third-order valence-corrected chi connectivity index (χ3v) is 9.61. The van der Waals surface area contributed by atoms with Crippen molar-refractivity contribution in [2.45, 2.75) is 12.1 Å². The van der Waals surface area contributed by atoms with Crippen LogP contribution in [0.4, 0.5) is 0 Å². The second-order valence-corrected chi connectivity index (χ2v) is 13.1. The summed E-state index contributed by atoms with van der Waals surface area (Å²) in [6.07, 6.45) is 0. The second-order valence-electron chi connectivity index (χ2n) is 12.1. The van der Waals surface area contributed by atoms with Crippen LogP contribution in [-0.2, 0) is 64.5 Å². The molecule has 0 unspecified atom stereocenters. The summed E-state index contributed by atoms with van der Waals surface area (Å²) in [5, 5.41) is 10.6. The third kappa shape index (κ3) is 17.4. The van der Waals surface area contributed by atoms with E-state index in [1.807, 2.05) is 32.6 Å². The first-order valence-corrected chi connectivity index (χ1v) is 19.8. The zero-order valence-corrected chi connectivity index (χ0v) is 40.8. The molecule has 0 spiro atoms. The molecule has 0 saturated heterocycles. The van der Waals surface area contributed by atoms with Crippen LogP contribution in [-0.4, -0.2) is 20.5 Å². The minimum atomic E-state index is 0. The standard InChI is InChI=1S/4C9H7.2C7H9Si.2ClH.2Zr/c4*1-2-5-9-7-3-6-8(9)4-1;2*8-6-7-4-2-1-3-5-7;;;;/h4*1-7H;2*1-5H,6,8H2;2*1H;;/q4*-1;;;;;2*+3/p-2. The molecule has 0 atom stereocenters. The maximum atomic E-state index is 2.15. The van der Waals surface area contributed by atoms with E-state index in [1.165, 1.54) is 66.3 Å². The minimum Gasteiger partial charge on any atom is -1.00 e. The SMILES string of the molecule is [Cl-].[Cl-].[SiH2]Cc1ccccc1.[SiH2]Cc1ccccc1.[Zr+3].[Zr+3].c1ccc2[cH-]ccc2c1.c1ccc2[cH-]ccc2c1.c1ccc2[cH-]ccc2c1.c1ccc2[cH-]ccc2c1. The topological polar surface area (TPSA) is 0 Å². The van der Waals surface area contributed by atoms with E-state index in [1.54, 1.807) is 0 Å². The van der Waals surface area contributed by atoms with Gasteiger partial charge in [0.1, 0.15) is 0 Å². The molecule has 276 valence electrons. The Labute approximate surface area is 390 Å². The summed E-state index contributed by atoms with van der Waals surface area (Å²) >= 11 is 0. The zero-order valence-electron chi connectivity index (χ0n) is 31.5. The molecule has 0 aromatic heterocycles. The van der Waals surface area contributed by atoms with Gasteiger partial charge in [-0.15, -0.1) is 119 Å². The van der Waals surface area contributed by atoms with Crippen LogP contribution in [0, 0.1) is 0 Å². The summed E-state index contributed by atoms with van der Waals surface area (Å²) in [5.74, 6) is 0. The normalized spacial score (nSPS) is 9.18. The number of rotatable bonds is 2. The maximum Gasteiger partial charge on any atom is 3.00 e. The van der Waals surface area contributed by atoms with Crippen LogP contribution < -0.4 is 24.8 Å². The van der Waals surface area contributed by atoms with Gasteiger partial charge in [-0.25, -0.2) is 0 Å². The molecule has 0 fully saturated rings. The van der Waals surface area contributed by atoms with Crippen molar-refractivity contribution in [1.29, 1.82) is 0 Å². The molecule has 4 radical (unpaired) electrons. The van der Waals surface area contributed by atoms with Crippen molar-refractivity contribution in [3.63, 3.8) is 0 Å². The predicted octanol–water partition coefficient (Wildman–Crippen LogP) is 5.88. The largest absolute Gasteiger partial charge is 3.00 e. The van der Waals surface area contributed by atoms with Crippen molar-refractivity contribution < 1.29 is 77.2 Å². The van der Waals surface area contributed by atoms with Crippen LogP contribution in [0.25, 0.3) is 43.1 Å². The monoisotopic (exact) mass is 952 g/mol. The van der Waals surface area contributed by atoms with Crippen molar-refractivity contribution in [3.05, 3.63) is 242 Å². The quantitative estimate of drug-likeness (QED) is 0.150. The van der Waals surface area contributed by atoms with Crippen molar-refractivity contribution >= 4 is 63.6 Å². The molecule has 0 aliphatic carbocycles. The van der Waals surface area contributed by atoms with E-state index in [-0.39, 0.29) is 77.2 Å². The number of hydrogen-bond acceptors (Lipinski definition) is 0. The molecule has 0 N–H and O–H groups in total. The van der Waals surface area contributed by atoms with E-state index in [0.29, 0.717) is 0 Å². The van der Waals surface area contributed by atoms with Gasteiger partial charge in [0.05, 0.1) is 0 Å². The van der Waals surface area contributed by atoms with Crippen LogP contribution in [0.2, 0.25) is 0 Å². The Kier molecular flexibility index (Phi) is 26.8. The second kappa shape index (κ2) is 29.7. The first kappa shape index (κ1) is 50.6. The number of benzene rings is 6. The van der Waals surface area contributed by atoms with Gasteiger partial charge in [0, 0.05) is 20.5 Å². The van der Waals surface area contributed by atoms with Crippen molar-refractivity contribution in [2.75, 3.05) is 0 Å². The molecule has 0 aliphatic heterocycles. The molecule has 10 rings (SSSR count). The van der Waals surface area contributed by atoms with Gasteiger partial charge in [-0.2, -0.15) is 70.1 Å². The molecule has 6 heteroatoms. The molecule has 0 heterocycles. The maximum absolute atomic E-state index is 2.15. The summed E-state index contributed by atoms with van der Waals surface area (Å²) in [5.41, 5.74) is 2.84. The molecule has 10 aromatic carbocycles. The predicted molar refractivity (Wildman–Crippen MR) is 236 cm³/mol. The molecule has 0 amide bonds. The molecule has 0 aliphatic rings. The van der Waals surface area contributed by atoms with E-state index < -0.39 is 0 Å². The van der Waals surface area contributed by atoms with Gasteiger partial charge in [0.2, 0.25) is 0 Å². The molecule has 0 bridgehead atoms. The smallest absolute Gasteiger partial charge is 1.00 e. The summed E-state index contributed by atoms with van der Waals surface area (Å²) < 4.78 is 0. The molecular formula is C50H46Cl2Si2Zr2. The summed E-state index contributed by atoms with van der Waals surface area (Å²) in [7, 11) is 3.97. The van der Waals surface area contributed by atoms with Gasteiger partial charge in [0.25, 0.3) is 0 Å². The number of hydrogen-bond donors (Lipinski definition) is 0. The van der Waals surface area contributed by atoms with Crippen molar-refractivity contribution in [3.8, 4) is 0 Å². The Hall–Kier alpha value is -3.46. The van der Waals surface area contributed by atoms with Crippen LogP contribution in [0.15, 0.2) is 231 Å². The Balaban J connectivity index is 0.000000332. The van der Waals surface area contributed by atoms with Gasteiger partial charge in [0.15, 0.2) is 0 Å². The zero-order chi connectivity index (χ0) is 36.1. The van der Waals surface area contributed by atoms with Gasteiger partial charge in [-0.3, -0.25) is 0 Å². The third-order valence-electron chi connectivity index (χ3n) is 8.45. The molecular weight excluding hydrogens is 910 g/mol. The average molecular weight is 956 g/mol. The summed E-state index contributed by atoms with van der Waals surface area (Å²) in [6.45, 7) is 0. The number of halogens is 2. The first-order chi connectivity index (χ1) is 25.7. The van der Waals surface area contributed by atoms with E-state index in [9.17, 15) is 0 Å². The van der Waals surface area contributed by atoms with Gasteiger partial charge in [-0.1, -0.05) is 96.1 Å². The molecule has 56 heavy (non-hydrogen) atoms. The van der Waals surface area contributed by atoms with Crippen LogP contribution >= 0.6 is 0 Å². The van der Waals surface area contributed by atoms with Crippen LogP contribution in [0.3, 0.4) is 0 Å². The van der Waals surface area contributed by atoms with Crippen LogP contribution in [0.1, 0.15) is 11.1 Å². The molecule has 10 aromatic rings. The van der Waals surface area contributed by atoms with E-state index in [0.717, 1.165) is 0 Å². The first-order valence-electron chi connectivity index (χ1n) is 17.8. The van der Waals surface area contributed by atoms with E-state index >= 15 is 0 Å². The Morgan fingerprint density at radius 2 is 0.500 bits per heavy atom. The van der Waals surface area contributed by atoms with Gasteiger partial charge < -0.3 is 24.8 Å². The Morgan fingerprint density at radius 3 is 0.696 bits per heavy atom. The molecule has 0 nitrogen and oxygen atoms in total. The molecule has 0 saturated carbocycles. The van der Waals surface area contributed by atoms with Crippen molar-refractivity contribution in [2.24, 2.45) is 0 Å². The Morgan fingerprint density at radius 1 is 0.286 bits per heavy atom. The van der Waals surface area contributed by atoms with E-state index in [4.69, 9.17) is 0 Å². The van der Waals surface area contributed by atoms with Crippen molar-refractivity contribution in [1.82, 2.24) is 0 Å². The van der Waals surface area contributed by atoms with Crippen LogP contribution in [0.5, 0.6) is 0 Å². The van der Waals surface area contributed by atoms with Gasteiger partial charge in [-0.05, 0) is 12.1 Å². The fourth-order valence-corrected chi connectivity index (χ4v) is 6.24. The Bertz CT molecular complexity index is 1990. The average Bonchev–Trinajstić information content (AvgIpc) is 4.07. The fourth-order valence-electron chi connectivity index (χ4n) is 5.57. The summed E-state index contributed by atoms with van der Waals surface area (Å²) in [6, 6.07) is 82.0. The fraction of sp³-hybridized carbons (Fsp3) is 0.0400. The number of fused-ring (bicyclic) bond motifs is 4. The summed E-state index contributed by atoms with van der Waals surface area (Å²) in [4.78, 5) is 0. The van der Waals surface area contributed by atoms with E-state index in [2.05, 4.69) is 218 Å². The van der Waals surface area contributed by atoms with Gasteiger partial charge >= 0.3 is 52.4 Å². The minimum absolute atomic E-state index is 0.